The van der Waals surface area contributed by atoms with Crippen molar-refractivity contribution in [1.29, 1.82) is 5.26 Å². The summed E-state index contributed by atoms with van der Waals surface area (Å²) in [5.41, 5.74) is 3.28. The summed E-state index contributed by atoms with van der Waals surface area (Å²) in [5.74, 6) is -0.103. The topological polar surface area (TPSA) is 86.8 Å². The van der Waals surface area contributed by atoms with Gasteiger partial charge in [-0.1, -0.05) is 12.1 Å². The molecule has 0 saturated heterocycles. The van der Waals surface area contributed by atoms with Gasteiger partial charge in [0, 0.05) is 11.7 Å². The number of carbonyl (C=O) groups excluding carboxylic acids is 1. The van der Waals surface area contributed by atoms with Crippen LogP contribution in [0.5, 0.6) is 0 Å². The van der Waals surface area contributed by atoms with E-state index < -0.39 is 0 Å². The highest BCUT2D eigenvalue weighted by molar-refractivity contribution is 5.92. The molecule has 2 aromatic carbocycles. The molecule has 136 valence electrons. The van der Waals surface area contributed by atoms with E-state index in [1.165, 1.54) is 6.33 Å². The molecule has 0 saturated carbocycles. The van der Waals surface area contributed by atoms with Crippen LogP contribution in [-0.2, 0) is 4.79 Å². The summed E-state index contributed by atoms with van der Waals surface area (Å²) in [5, 5.41) is 15.8. The second-order valence-electron chi connectivity index (χ2n) is 6.26. The molecule has 1 N–H and O–H groups in total. The van der Waals surface area contributed by atoms with Crippen LogP contribution in [0.4, 0.5) is 5.69 Å². The van der Waals surface area contributed by atoms with Gasteiger partial charge in [0.05, 0.1) is 23.9 Å². The van der Waals surface area contributed by atoms with Crippen LogP contribution >= 0.6 is 0 Å². The fourth-order valence-electron chi connectivity index (χ4n) is 2.69. The summed E-state index contributed by atoms with van der Waals surface area (Å²) in [6.45, 7) is 2.31. The third-order valence-corrected chi connectivity index (χ3v) is 4.41. The maximum absolute atomic E-state index is 12.3. The molecule has 7 heteroatoms. The molecule has 1 heterocycles. The Morgan fingerprint density at radius 1 is 1.22 bits per heavy atom. The van der Waals surface area contributed by atoms with Gasteiger partial charge < -0.3 is 5.32 Å². The molecule has 0 bridgehead atoms. The Labute approximate surface area is 157 Å². The maximum atomic E-state index is 12.3. The largest absolute Gasteiger partial charge is 0.325 e. The minimum Gasteiger partial charge on any atom is -0.325 e. The van der Waals surface area contributed by atoms with Gasteiger partial charge >= 0.3 is 0 Å². The summed E-state index contributed by atoms with van der Waals surface area (Å²) in [6, 6.07) is 16.9. The number of amides is 1. The fourth-order valence-corrected chi connectivity index (χ4v) is 2.69. The third kappa shape index (κ3) is 4.57. The second-order valence-corrected chi connectivity index (χ2v) is 6.26. The lowest BCUT2D eigenvalue weighted by molar-refractivity contribution is -0.117. The number of hydrogen-bond donors (Lipinski definition) is 1. The Bertz CT molecular complexity index is 926. The Kier molecular flexibility index (Phi) is 5.59. The van der Waals surface area contributed by atoms with Crippen molar-refractivity contribution in [2.75, 3.05) is 18.9 Å². The number of anilines is 1. The van der Waals surface area contributed by atoms with Gasteiger partial charge in [0.15, 0.2) is 0 Å². The molecular formula is C20H20N6O. The number of rotatable bonds is 6. The van der Waals surface area contributed by atoms with Crippen molar-refractivity contribution in [2.24, 2.45) is 0 Å². The summed E-state index contributed by atoms with van der Waals surface area (Å²) >= 11 is 0. The van der Waals surface area contributed by atoms with Crippen LogP contribution in [0.3, 0.4) is 0 Å². The van der Waals surface area contributed by atoms with Crippen molar-refractivity contribution in [3.05, 3.63) is 72.3 Å². The lowest BCUT2D eigenvalue weighted by Gasteiger charge is -2.24. The fraction of sp³-hybridized carbons (Fsp3) is 0.200. The first-order valence-corrected chi connectivity index (χ1v) is 8.52. The zero-order chi connectivity index (χ0) is 19.2. The predicted molar refractivity (Wildman–Crippen MR) is 102 cm³/mol. The van der Waals surface area contributed by atoms with Gasteiger partial charge in [-0.05, 0) is 55.9 Å². The first-order valence-electron chi connectivity index (χ1n) is 8.52. The first-order chi connectivity index (χ1) is 13.1. The van der Waals surface area contributed by atoms with Crippen molar-refractivity contribution in [2.45, 2.75) is 13.0 Å². The molecular weight excluding hydrogens is 340 g/mol. The molecule has 3 rings (SSSR count). The van der Waals surface area contributed by atoms with E-state index in [2.05, 4.69) is 28.4 Å². The highest BCUT2D eigenvalue weighted by Crippen LogP contribution is 2.20. The van der Waals surface area contributed by atoms with E-state index >= 15 is 0 Å². The number of benzene rings is 2. The number of nitriles is 1. The molecule has 0 fully saturated rings. The van der Waals surface area contributed by atoms with Crippen molar-refractivity contribution in [3.8, 4) is 11.8 Å². The molecule has 0 aliphatic carbocycles. The SMILES string of the molecule is CC(c1ccc(-n2cncn2)cc1)N(C)CC(=O)Nc1ccc(C#N)cc1. The molecule has 0 aliphatic heterocycles. The average Bonchev–Trinajstić information content (AvgIpc) is 3.23. The van der Waals surface area contributed by atoms with E-state index in [1.54, 1.807) is 35.3 Å². The number of carbonyl (C=O) groups is 1. The van der Waals surface area contributed by atoms with Gasteiger partial charge in [-0.2, -0.15) is 10.4 Å². The standard InChI is InChI=1S/C20H20N6O/c1-15(17-5-9-19(10-6-17)26-14-22-13-23-26)25(2)12-20(27)24-18-7-3-16(11-21)4-8-18/h3-10,13-15H,12H2,1-2H3,(H,24,27). The number of likely N-dealkylation sites (N-methyl/N-ethyl adjacent to an activating group) is 1. The smallest absolute Gasteiger partial charge is 0.238 e. The molecule has 0 spiro atoms. The Morgan fingerprint density at radius 2 is 1.93 bits per heavy atom. The van der Waals surface area contributed by atoms with Crippen LogP contribution in [0.2, 0.25) is 0 Å². The lowest BCUT2D eigenvalue weighted by Crippen LogP contribution is -2.32. The molecule has 7 nitrogen and oxygen atoms in total. The van der Waals surface area contributed by atoms with E-state index in [0.29, 0.717) is 11.3 Å². The van der Waals surface area contributed by atoms with Gasteiger partial charge in [-0.25, -0.2) is 9.67 Å². The lowest BCUT2D eigenvalue weighted by atomic mass is 10.1. The third-order valence-electron chi connectivity index (χ3n) is 4.41. The Morgan fingerprint density at radius 3 is 2.52 bits per heavy atom. The summed E-state index contributed by atoms with van der Waals surface area (Å²) in [7, 11) is 1.91. The van der Waals surface area contributed by atoms with Crippen LogP contribution in [0.15, 0.2) is 61.2 Å². The van der Waals surface area contributed by atoms with Crippen molar-refractivity contribution >= 4 is 11.6 Å². The highest BCUT2D eigenvalue weighted by atomic mass is 16.2. The van der Waals surface area contributed by atoms with Gasteiger partial charge in [0.2, 0.25) is 5.91 Å². The van der Waals surface area contributed by atoms with E-state index in [1.807, 2.05) is 36.2 Å². The van der Waals surface area contributed by atoms with Crippen molar-refractivity contribution in [3.63, 3.8) is 0 Å². The quantitative estimate of drug-likeness (QED) is 0.730. The van der Waals surface area contributed by atoms with Crippen molar-refractivity contribution < 1.29 is 4.79 Å². The molecule has 0 aliphatic rings. The molecule has 1 unspecified atom stereocenters. The summed E-state index contributed by atoms with van der Waals surface area (Å²) < 4.78 is 1.70. The minimum absolute atomic E-state index is 0.0708. The van der Waals surface area contributed by atoms with E-state index in [0.717, 1.165) is 11.3 Å². The molecule has 27 heavy (non-hydrogen) atoms. The molecule has 1 aromatic heterocycles. The van der Waals surface area contributed by atoms with Crippen LogP contribution in [0.25, 0.3) is 5.69 Å². The Hall–Kier alpha value is -3.50. The number of nitrogens with zero attached hydrogens (tertiary/aromatic N) is 5. The normalized spacial score (nSPS) is 11.8. The number of hydrogen-bond acceptors (Lipinski definition) is 5. The maximum Gasteiger partial charge on any atom is 0.238 e. The van der Waals surface area contributed by atoms with E-state index in [-0.39, 0.29) is 18.5 Å². The van der Waals surface area contributed by atoms with Gasteiger partial charge in [0.25, 0.3) is 0 Å². The predicted octanol–water partition coefficient (Wildman–Crippen LogP) is 2.77. The summed E-state index contributed by atoms with van der Waals surface area (Å²) in [6.07, 6.45) is 3.15. The highest BCUT2D eigenvalue weighted by Gasteiger charge is 2.15. The van der Waals surface area contributed by atoms with E-state index in [4.69, 9.17) is 5.26 Å². The van der Waals surface area contributed by atoms with Gasteiger partial charge in [-0.15, -0.1) is 0 Å². The van der Waals surface area contributed by atoms with Crippen LogP contribution < -0.4 is 5.32 Å². The minimum atomic E-state index is -0.103. The zero-order valence-corrected chi connectivity index (χ0v) is 15.2. The van der Waals surface area contributed by atoms with Crippen molar-refractivity contribution in [1.82, 2.24) is 19.7 Å². The van der Waals surface area contributed by atoms with Gasteiger partial charge in [-0.3, -0.25) is 9.69 Å². The van der Waals surface area contributed by atoms with Crippen LogP contribution in [0.1, 0.15) is 24.1 Å². The molecule has 0 radical (unpaired) electrons. The average molecular weight is 360 g/mol. The Balaban J connectivity index is 1.58. The first kappa shape index (κ1) is 18.3. The molecule has 1 amide bonds. The number of nitrogens with one attached hydrogen (secondary N) is 1. The van der Waals surface area contributed by atoms with E-state index in [9.17, 15) is 4.79 Å². The van der Waals surface area contributed by atoms with Gasteiger partial charge in [0.1, 0.15) is 12.7 Å². The van der Waals surface area contributed by atoms with Crippen LogP contribution in [0, 0.1) is 11.3 Å². The number of aromatic nitrogens is 3. The van der Waals surface area contributed by atoms with Crippen LogP contribution in [-0.4, -0.2) is 39.2 Å². The monoisotopic (exact) mass is 360 g/mol. The second kappa shape index (κ2) is 8.25. The molecule has 3 aromatic rings. The zero-order valence-electron chi connectivity index (χ0n) is 15.2. The summed E-state index contributed by atoms with van der Waals surface area (Å²) in [4.78, 5) is 18.2. The molecule has 1 atom stereocenters.